The van der Waals surface area contributed by atoms with Gasteiger partial charge in [-0.25, -0.2) is 0 Å². The van der Waals surface area contributed by atoms with Crippen LogP contribution in [-0.4, -0.2) is 0 Å². The topological polar surface area (TPSA) is 0 Å². The SMILES string of the molecule is Cc1ccc2c(-c3cccc4c3CC3CCCCC3C4)c3ccccc3c(-c3cccc4c3CC3CCCCC3C4)c2c1. The molecule has 0 aliphatic heterocycles. The average Bonchev–Trinajstić information content (AvgIpc) is 3.05. The molecule has 0 aromatic heterocycles. The summed E-state index contributed by atoms with van der Waals surface area (Å²) in [4.78, 5) is 0. The number of aryl methyl sites for hydroxylation is 1. The van der Waals surface area contributed by atoms with Crippen LogP contribution in [0.15, 0.2) is 78.9 Å². The normalized spacial score (nSPS) is 24.7. The van der Waals surface area contributed by atoms with Crippen LogP contribution in [0.5, 0.6) is 0 Å². The summed E-state index contributed by atoms with van der Waals surface area (Å²) in [6, 6.07) is 31.2. The molecule has 5 aromatic rings. The second kappa shape index (κ2) is 10.4. The summed E-state index contributed by atoms with van der Waals surface area (Å²) in [5.74, 6) is 3.51. The number of benzene rings is 5. The van der Waals surface area contributed by atoms with Gasteiger partial charge < -0.3 is 0 Å². The van der Waals surface area contributed by atoms with Gasteiger partial charge in [0, 0.05) is 0 Å². The molecule has 0 bridgehead atoms. The Morgan fingerprint density at radius 3 is 1.44 bits per heavy atom. The first kappa shape index (κ1) is 26.1. The first-order valence-corrected chi connectivity index (χ1v) is 17.4. The van der Waals surface area contributed by atoms with Crippen LogP contribution >= 0.6 is 0 Å². The monoisotopic (exact) mass is 560 g/mol. The molecule has 2 fully saturated rings. The maximum Gasteiger partial charge on any atom is -0.00234 e. The molecule has 0 saturated heterocycles. The van der Waals surface area contributed by atoms with Gasteiger partial charge in [-0.3, -0.25) is 0 Å². The van der Waals surface area contributed by atoms with E-state index in [1.165, 1.54) is 126 Å². The van der Waals surface area contributed by atoms with Crippen molar-refractivity contribution in [2.45, 2.75) is 84.0 Å². The Morgan fingerprint density at radius 2 is 0.907 bits per heavy atom. The smallest absolute Gasteiger partial charge is 0.00234 e. The van der Waals surface area contributed by atoms with E-state index in [9.17, 15) is 0 Å². The lowest BCUT2D eigenvalue weighted by Crippen LogP contribution is -2.28. The lowest BCUT2D eigenvalue weighted by Gasteiger charge is -2.38. The summed E-state index contributed by atoms with van der Waals surface area (Å²) in [6.07, 6.45) is 16.4. The van der Waals surface area contributed by atoms with Gasteiger partial charge in [-0.05, 0) is 148 Å². The van der Waals surface area contributed by atoms with E-state index >= 15 is 0 Å². The van der Waals surface area contributed by atoms with Crippen molar-refractivity contribution in [3.8, 4) is 22.3 Å². The summed E-state index contributed by atoms with van der Waals surface area (Å²) in [5.41, 5.74) is 13.8. The van der Waals surface area contributed by atoms with Gasteiger partial charge in [-0.1, -0.05) is 110 Å². The fraction of sp³-hybridized carbons (Fsp3) is 0.395. The molecule has 0 heterocycles. The molecule has 5 aromatic carbocycles. The minimum absolute atomic E-state index is 0.861. The molecule has 43 heavy (non-hydrogen) atoms. The molecule has 0 radical (unpaired) electrons. The zero-order valence-corrected chi connectivity index (χ0v) is 25.8. The van der Waals surface area contributed by atoms with E-state index in [-0.39, 0.29) is 0 Å². The Hall–Kier alpha value is -3.38. The Morgan fingerprint density at radius 1 is 0.442 bits per heavy atom. The molecule has 0 N–H and O–H groups in total. The first-order chi connectivity index (χ1) is 21.2. The van der Waals surface area contributed by atoms with Crippen molar-refractivity contribution in [1.82, 2.24) is 0 Å². The largest absolute Gasteiger partial charge is 0.0616 e. The van der Waals surface area contributed by atoms with Crippen LogP contribution in [-0.2, 0) is 25.7 Å². The summed E-state index contributed by atoms with van der Waals surface area (Å²) in [6.45, 7) is 2.28. The highest BCUT2D eigenvalue weighted by Gasteiger charge is 2.34. The quantitative estimate of drug-likeness (QED) is 0.188. The molecule has 2 saturated carbocycles. The van der Waals surface area contributed by atoms with Crippen molar-refractivity contribution in [1.29, 1.82) is 0 Å². The number of hydrogen-bond acceptors (Lipinski definition) is 0. The van der Waals surface area contributed by atoms with Crippen LogP contribution in [0.1, 0.15) is 79.2 Å². The number of rotatable bonds is 2. The molecule has 4 unspecified atom stereocenters. The van der Waals surface area contributed by atoms with Crippen LogP contribution in [0.2, 0.25) is 0 Å². The van der Waals surface area contributed by atoms with E-state index < -0.39 is 0 Å². The Kier molecular flexibility index (Phi) is 6.28. The lowest BCUT2D eigenvalue weighted by molar-refractivity contribution is 0.221. The third kappa shape index (κ3) is 4.23. The van der Waals surface area contributed by atoms with Gasteiger partial charge in [0.15, 0.2) is 0 Å². The van der Waals surface area contributed by atoms with Crippen molar-refractivity contribution in [2.24, 2.45) is 23.7 Å². The fourth-order valence-electron chi connectivity index (χ4n) is 10.2. The summed E-state index contributed by atoms with van der Waals surface area (Å²) in [5, 5.41) is 5.73. The van der Waals surface area contributed by atoms with Crippen LogP contribution in [0.25, 0.3) is 43.8 Å². The van der Waals surface area contributed by atoms with Gasteiger partial charge in [0.05, 0.1) is 0 Å². The molecule has 0 nitrogen and oxygen atoms in total. The van der Waals surface area contributed by atoms with Crippen molar-refractivity contribution in [2.75, 3.05) is 0 Å². The highest BCUT2D eigenvalue weighted by atomic mass is 14.4. The summed E-state index contributed by atoms with van der Waals surface area (Å²) in [7, 11) is 0. The van der Waals surface area contributed by atoms with Gasteiger partial charge in [0.25, 0.3) is 0 Å². The maximum atomic E-state index is 2.50. The highest BCUT2D eigenvalue weighted by molar-refractivity contribution is 6.22. The van der Waals surface area contributed by atoms with E-state index in [0.717, 1.165) is 23.7 Å². The van der Waals surface area contributed by atoms with Gasteiger partial charge in [-0.2, -0.15) is 0 Å². The molecular formula is C43H44. The van der Waals surface area contributed by atoms with Crippen molar-refractivity contribution in [3.05, 3.63) is 107 Å². The fourth-order valence-corrected chi connectivity index (χ4v) is 10.2. The summed E-state index contributed by atoms with van der Waals surface area (Å²) < 4.78 is 0. The second-order valence-corrected chi connectivity index (χ2v) is 14.7. The van der Waals surface area contributed by atoms with Crippen LogP contribution < -0.4 is 0 Å². The minimum atomic E-state index is 0.861. The molecule has 4 aliphatic rings. The molecular weight excluding hydrogens is 516 g/mol. The highest BCUT2D eigenvalue weighted by Crippen LogP contribution is 2.50. The number of fused-ring (bicyclic) bond motifs is 6. The Bertz CT molecular complexity index is 1870. The van der Waals surface area contributed by atoms with Crippen LogP contribution in [0, 0.1) is 30.6 Å². The lowest BCUT2D eigenvalue weighted by atomic mass is 9.67. The predicted molar refractivity (Wildman–Crippen MR) is 183 cm³/mol. The Labute approximate surface area is 257 Å². The van der Waals surface area contributed by atoms with Gasteiger partial charge in [0.2, 0.25) is 0 Å². The average molecular weight is 561 g/mol. The molecule has 4 atom stereocenters. The van der Waals surface area contributed by atoms with Crippen LogP contribution in [0.4, 0.5) is 0 Å². The molecule has 9 rings (SSSR count). The minimum Gasteiger partial charge on any atom is -0.0616 e. The molecule has 216 valence electrons. The molecule has 0 amide bonds. The van der Waals surface area contributed by atoms with Crippen molar-refractivity contribution >= 4 is 21.5 Å². The maximum absolute atomic E-state index is 2.50. The van der Waals surface area contributed by atoms with E-state index in [2.05, 4.69) is 85.8 Å². The third-order valence-corrected chi connectivity index (χ3v) is 12.3. The van der Waals surface area contributed by atoms with E-state index in [4.69, 9.17) is 0 Å². The third-order valence-electron chi connectivity index (χ3n) is 12.3. The molecule has 0 heteroatoms. The van der Waals surface area contributed by atoms with Gasteiger partial charge in [-0.15, -0.1) is 0 Å². The van der Waals surface area contributed by atoms with Crippen molar-refractivity contribution < 1.29 is 0 Å². The molecule has 0 spiro atoms. The summed E-state index contributed by atoms with van der Waals surface area (Å²) >= 11 is 0. The predicted octanol–water partition coefficient (Wildman–Crippen LogP) is 11.4. The Balaban J connectivity index is 1.31. The first-order valence-electron chi connectivity index (χ1n) is 17.4. The molecule has 4 aliphatic carbocycles. The van der Waals surface area contributed by atoms with Gasteiger partial charge in [0.1, 0.15) is 0 Å². The zero-order valence-electron chi connectivity index (χ0n) is 25.8. The van der Waals surface area contributed by atoms with E-state index in [0.29, 0.717) is 0 Å². The zero-order chi connectivity index (χ0) is 28.5. The van der Waals surface area contributed by atoms with Crippen LogP contribution in [0.3, 0.4) is 0 Å². The standard InChI is InChI=1S/C43H44/c1-27-20-21-38-41(22-27)43(37-19-9-15-33-24-29-11-3-5-13-31(29)26-40(33)37)35-17-7-6-16-34(35)42(38)36-18-8-14-32-23-28-10-2-4-12-30(28)25-39(32)36/h6-9,14-22,28-31H,2-5,10-13,23-26H2,1H3. The van der Waals surface area contributed by atoms with E-state index in [1.807, 2.05) is 0 Å². The van der Waals surface area contributed by atoms with Crippen molar-refractivity contribution in [3.63, 3.8) is 0 Å². The van der Waals surface area contributed by atoms with Gasteiger partial charge >= 0.3 is 0 Å². The second-order valence-electron chi connectivity index (χ2n) is 14.7. The number of hydrogen-bond donors (Lipinski definition) is 0. The van der Waals surface area contributed by atoms with E-state index in [1.54, 1.807) is 22.3 Å².